The van der Waals surface area contributed by atoms with Crippen molar-refractivity contribution in [2.45, 2.75) is 53.4 Å². The van der Waals surface area contributed by atoms with Gasteiger partial charge in [-0.3, -0.25) is 0 Å². The summed E-state index contributed by atoms with van der Waals surface area (Å²) in [5, 5.41) is 1.14. The maximum Gasteiger partial charge on any atom is 0.180 e. The van der Waals surface area contributed by atoms with Crippen LogP contribution in [0.1, 0.15) is 53.2 Å². The maximum atomic E-state index is 5.97. The van der Waals surface area contributed by atoms with Crippen LogP contribution in [0.3, 0.4) is 0 Å². The van der Waals surface area contributed by atoms with Crippen molar-refractivity contribution < 1.29 is 4.74 Å². The molecule has 0 unspecified atom stereocenters. The fourth-order valence-electron chi connectivity index (χ4n) is 2.82. The van der Waals surface area contributed by atoms with Crippen molar-refractivity contribution in [1.82, 2.24) is 14.4 Å². The number of hydrogen-bond acceptors (Lipinski definition) is 4. The zero-order chi connectivity index (χ0) is 17.1. The molecular weight excluding hydrogens is 398 g/mol. The number of thiazole rings is 1. The molecule has 0 bridgehead atoms. The van der Waals surface area contributed by atoms with E-state index < -0.39 is 0 Å². The molecule has 0 fully saturated rings. The van der Waals surface area contributed by atoms with Crippen LogP contribution in [0.4, 0.5) is 0 Å². The fourth-order valence-corrected chi connectivity index (χ4v) is 3.76. The highest BCUT2D eigenvalue weighted by Crippen LogP contribution is 2.26. The molecule has 0 spiro atoms. The quantitative estimate of drug-likeness (QED) is 0.473. The summed E-state index contributed by atoms with van der Waals surface area (Å²) in [6, 6.07) is 4.04. The Morgan fingerprint density at radius 2 is 1.92 bits per heavy atom. The first-order valence-electron chi connectivity index (χ1n) is 8.62. The Morgan fingerprint density at radius 3 is 2.60 bits per heavy atom. The second-order valence-corrected chi connectivity index (χ2v) is 7.48. The van der Waals surface area contributed by atoms with Gasteiger partial charge in [0, 0.05) is 17.5 Å². The molecule has 25 heavy (non-hydrogen) atoms. The van der Waals surface area contributed by atoms with Gasteiger partial charge in [-0.15, -0.1) is 28.3 Å². The Bertz CT molecular complexity index is 821. The molecule has 0 saturated carbocycles. The number of hydrogen-bond donors (Lipinski definition) is 0. The van der Waals surface area contributed by atoms with E-state index in [0.717, 1.165) is 47.2 Å². The lowest BCUT2D eigenvalue weighted by atomic mass is 10.2. The number of nitrogens with zero attached hydrogens (tertiary/aromatic N) is 3. The van der Waals surface area contributed by atoms with Crippen molar-refractivity contribution >= 4 is 34.0 Å². The van der Waals surface area contributed by atoms with Crippen molar-refractivity contribution in [2.75, 3.05) is 6.61 Å². The van der Waals surface area contributed by atoms with Crippen LogP contribution in [0.2, 0.25) is 0 Å². The minimum absolute atomic E-state index is 0. The van der Waals surface area contributed by atoms with Gasteiger partial charge in [-0.05, 0) is 39.3 Å². The SMILES string of the molecule is Br.CCCCCOc1cccn2c(Cc3nc(C)c(C)s3)c(C)nc12. The number of halogens is 1. The van der Waals surface area contributed by atoms with Gasteiger partial charge in [0.1, 0.15) is 0 Å². The van der Waals surface area contributed by atoms with Gasteiger partial charge in [0.25, 0.3) is 0 Å². The van der Waals surface area contributed by atoms with E-state index in [1.165, 1.54) is 23.4 Å². The Balaban J connectivity index is 0.00000225. The first kappa shape index (κ1) is 19.9. The molecule has 0 radical (unpaired) electrons. The Hall–Kier alpha value is -1.40. The average molecular weight is 424 g/mol. The van der Waals surface area contributed by atoms with E-state index in [4.69, 9.17) is 9.72 Å². The molecule has 0 N–H and O–H groups in total. The van der Waals surface area contributed by atoms with E-state index in [-0.39, 0.29) is 17.0 Å². The van der Waals surface area contributed by atoms with Crippen molar-refractivity contribution in [3.05, 3.63) is 45.3 Å². The van der Waals surface area contributed by atoms with E-state index in [2.05, 4.69) is 43.3 Å². The van der Waals surface area contributed by atoms with E-state index in [1.54, 1.807) is 11.3 Å². The van der Waals surface area contributed by atoms with Crippen molar-refractivity contribution in [2.24, 2.45) is 0 Å². The van der Waals surface area contributed by atoms with Crippen LogP contribution in [0.15, 0.2) is 18.3 Å². The molecule has 3 aromatic heterocycles. The van der Waals surface area contributed by atoms with Gasteiger partial charge in [0.05, 0.1) is 28.7 Å². The van der Waals surface area contributed by atoms with Crippen LogP contribution in [-0.2, 0) is 6.42 Å². The molecule has 136 valence electrons. The van der Waals surface area contributed by atoms with Crippen LogP contribution in [0.25, 0.3) is 5.65 Å². The summed E-state index contributed by atoms with van der Waals surface area (Å²) < 4.78 is 8.12. The predicted molar refractivity (Wildman–Crippen MR) is 110 cm³/mol. The lowest BCUT2D eigenvalue weighted by molar-refractivity contribution is 0.308. The highest BCUT2D eigenvalue weighted by molar-refractivity contribution is 8.93. The zero-order valence-corrected chi connectivity index (χ0v) is 17.9. The summed E-state index contributed by atoms with van der Waals surface area (Å²) in [6.07, 6.45) is 6.36. The van der Waals surface area contributed by atoms with Crippen LogP contribution in [0.5, 0.6) is 5.75 Å². The third kappa shape index (κ3) is 4.42. The van der Waals surface area contributed by atoms with Crippen molar-refractivity contribution in [3.63, 3.8) is 0 Å². The summed E-state index contributed by atoms with van der Waals surface area (Å²) in [6.45, 7) is 9.21. The van der Waals surface area contributed by atoms with Gasteiger partial charge in [-0.25, -0.2) is 9.97 Å². The molecule has 4 nitrogen and oxygen atoms in total. The highest BCUT2D eigenvalue weighted by Gasteiger charge is 2.15. The van der Waals surface area contributed by atoms with Gasteiger partial charge in [0.15, 0.2) is 11.4 Å². The molecule has 0 aliphatic carbocycles. The number of rotatable bonds is 7. The monoisotopic (exact) mass is 423 g/mol. The molecule has 0 aliphatic rings. The number of aromatic nitrogens is 3. The Labute approximate surface area is 164 Å². The second kappa shape index (κ2) is 8.81. The van der Waals surface area contributed by atoms with Gasteiger partial charge in [-0.2, -0.15) is 0 Å². The van der Waals surface area contributed by atoms with E-state index >= 15 is 0 Å². The van der Waals surface area contributed by atoms with Gasteiger partial charge in [0.2, 0.25) is 0 Å². The zero-order valence-electron chi connectivity index (χ0n) is 15.3. The smallest absolute Gasteiger partial charge is 0.180 e. The van der Waals surface area contributed by atoms with Crippen molar-refractivity contribution in [3.8, 4) is 5.75 Å². The van der Waals surface area contributed by atoms with Crippen LogP contribution < -0.4 is 4.74 Å². The van der Waals surface area contributed by atoms with Crippen LogP contribution in [0, 0.1) is 20.8 Å². The van der Waals surface area contributed by atoms with Crippen LogP contribution in [-0.4, -0.2) is 21.0 Å². The number of pyridine rings is 1. The molecule has 0 atom stereocenters. The first-order chi connectivity index (χ1) is 11.6. The minimum Gasteiger partial charge on any atom is -0.490 e. The maximum absolute atomic E-state index is 5.97. The van der Waals surface area contributed by atoms with Crippen molar-refractivity contribution in [1.29, 1.82) is 0 Å². The summed E-state index contributed by atoms with van der Waals surface area (Å²) in [4.78, 5) is 10.7. The number of imidazole rings is 1. The number of aryl methyl sites for hydroxylation is 3. The topological polar surface area (TPSA) is 39.4 Å². The molecule has 0 aliphatic heterocycles. The lowest BCUT2D eigenvalue weighted by Gasteiger charge is -2.07. The molecule has 3 aromatic rings. The molecular formula is C19H26BrN3OS. The average Bonchev–Trinajstić information content (AvgIpc) is 3.05. The summed E-state index contributed by atoms with van der Waals surface area (Å²) in [7, 11) is 0. The fraction of sp³-hybridized carbons (Fsp3) is 0.474. The highest BCUT2D eigenvalue weighted by atomic mass is 79.9. The molecule has 0 amide bonds. The molecule has 3 rings (SSSR count). The molecule has 0 aromatic carbocycles. The third-order valence-corrected chi connectivity index (χ3v) is 5.38. The summed E-state index contributed by atoms with van der Waals surface area (Å²) >= 11 is 1.77. The normalized spacial score (nSPS) is 10.9. The van der Waals surface area contributed by atoms with Gasteiger partial charge >= 0.3 is 0 Å². The molecule has 0 saturated heterocycles. The largest absolute Gasteiger partial charge is 0.490 e. The minimum atomic E-state index is 0. The number of unbranched alkanes of at least 4 members (excludes halogenated alkanes) is 2. The Kier molecular flexibility index (Phi) is 7.02. The van der Waals surface area contributed by atoms with Crippen LogP contribution >= 0.6 is 28.3 Å². The number of fused-ring (bicyclic) bond motifs is 1. The van der Waals surface area contributed by atoms with E-state index in [1.807, 2.05) is 12.1 Å². The standard InChI is InChI=1S/C19H25N3OS.BrH/c1-5-6-7-11-23-17-9-8-10-22-16(14(3)21-19(17)22)12-18-20-13(2)15(4)24-18;/h8-10H,5-7,11-12H2,1-4H3;1H. The van der Waals surface area contributed by atoms with Gasteiger partial charge in [-0.1, -0.05) is 19.8 Å². The molecule has 6 heteroatoms. The second-order valence-electron chi connectivity index (χ2n) is 6.19. The number of ether oxygens (including phenoxy) is 1. The molecule has 3 heterocycles. The Morgan fingerprint density at radius 1 is 1.12 bits per heavy atom. The first-order valence-corrected chi connectivity index (χ1v) is 9.44. The third-order valence-electron chi connectivity index (χ3n) is 4.31. The lowest BCUT2D eigenvalue weighted by Crippen LogP contribution is -2.00. The van der Waals surface area contributed by atoms with E-state index in [0.29, 0.717) is 0 Å². The predicted octanol–water partition coefficient (Wildman–Crippen LogP) is 5.45. The van der Waals surface area contributed by atoms with Gasteiger partial charge < -0.3 is 9.14 Å². The summed E-state index contributed by atoms with van der Waals surface area (Å²) in [5.41, 5.74) is 4.27. The van der Waals surface area contributed by atoms with E-state index in [9.17, 15) is 0 Å². The summed E-state index contributed by atoms with van der Waals surface area (Å²) in [5.74, 6) is 0.870.